The Morgan fingerprint density at radius 2 is 1.96 bits per heavy atom. The molecule has 26 heavy (non-hydrogen) atoms. The van der Waals surface area contributed by atoms with Gasteiger partial charge in [0, 0.05) is 17.9 Å². The zero-order chi connectivity index (χ0) is 18.7. The average molecular weight is 358 g/mol. The Morgan fingerprint density at radius 1 is 1.23 bits per heavy atom. The van der Waals surface area contributed by atoms with Gasteiger partial charge in [0.05, 0.1) is 6.61 Å². The molecule has 0 aromatic heterocycles. The number of hydrogen-bond donors (Lipinski definition) is 1. The summed E-state index contributed by atoms with van der Waals surface area (Å²) in [5, 5.41) is 2.81. The Labute approximate surface area is 152 Å². The highest BCUT2D eigenvalue weighted by Crippen LogP contribution is 2.38. The van der Waals surface area contributed by atoms with Crippen LogP contribution in [-0.4, -0.2) is 37.5 Å². The summed E-state index contributed by atoms with van der Waals surface area (Å²) < 4.78 is 5.15. The van der Waals surface area contributed by atoms with Gasteiger partial charge in [-0.1, -0.05) is 19.3 Å². The van der Waals surface area contributed by atoms with E-state index < -0.39 is 17.2 Å². The monoisotopic (exact) mass is 358 g/mol. The van der Waals surface area contributed by atoms with Gasteiger partial charge in [-0.15, -0.1) is 0 Å². The van der Waals surface area contributed by atoms with Crippen LogP contribution in [0.4, 0.5) is 11.4 Å². The van der Waals surface area contributed by atoms with Gasteiger partial charge in [0.2, 0.25) is 5.91 Å². The van der Waals surface area contributed by atoms with Crippen LogP contribution in [0.1, 0.15) is 37.7 Å². The van der Waals surface area contributed by atoms with Crippen molar-refractivity contribution >= 4 is 29.1 Å². The number of amides is 3. The number of carbonyl (C=O) groups is 3. The number of morpholine rings is 1. The third kappa shape index (κ3) is 3.44. The lowest BCUT2D eigenvalue weighted by molar-refractivity contribution is -0.141. The number of ether oxygens (including phenoxy) is 1. The van der Waals surface area contributed by atoms with Crippen LogP contribution < -0.4 is 16.0 Å². The fourth-order valence-electron chi connectivity index (χ4n) is 3.77. The van der Waals surface area contributed by atoms with Gasteiger partial charge >= 0.3 is 0 Å². The fraction of sp³-hybridized carbons (Fsp3) is 0.526. The second-order valence-corrected chi connectivity index (χ2v) is 7.03. The van der Waals surface area contributed by atoms with Crippen LogP contribution in [0.25, 0.3) is 0 Å². The van der Waals surface area contributed by atoms with E-state index in [1.54, 1.807) is 23.1 Å². The van der Waals surface area contributed by atoms with Crippen molar-refractivity contribution in [1.29, 1.82) is 0 Å². The average Bonchev–Trinajstić information content (AvgIpc) is 2.63. The van der Waals surface area contributed by atoms with Crippen molar-refractivity contribution in [3.63, 3.8) is 0 Å². The zero-order valence-corrected chi connectivity index (χ0v) is 15.0. The number of anilines is 2. The van der Waals surface area contributed by atoms with E-state index in [0.717, 1.165) is 30.5 Å². The molecule has 3 amide bonds. The van der Waals surface area contributed by atoms with E-state index in [9.17, 15) is 14.4 Å². The van der Waals surface area contributed by atoms with Gasteiger partial charge in [-0.05, 0) is 43.5 Å². The van der Waals surface area contributed by atoms with E-state index in [2.05, 4.69) is 5.32 Å². The molecule has 1 saturated carbocycles. The quantitative estimate of drug-likeness (QED) is 0.833. The predicted molar refractivity (Wildman–Crippen MR) is 96.6 cm³/mol. The van der Waals surface area contributed by atoms with Gasteiger partial charge in [-0.2, -0.15) is 0 Å². The highest BCUT2D eigenvalue weighted by Gasteiger charge is 2.45. The number of hydrogen-bond acceptors (Lipinski definition) is 4. The SMILES string of the molecule is Cc1cc(NC(=O)C2(C([NH])=O)CCCCC2)ccc1N1CCOCC1=O. The number of aryl methyl sites for hydroxylation is 1. The first-order valence-electron chi connectivity index (χ1n) is 9.00. The molecule has 0 spiro atoms. The maximum absolute atomic E-state index is 12.7. The summed E-state index contributed by atoms with van der Waals surface area (Å²) in [7, 11) is 0. The van der Waals surface area contributed by atoms with Crippen molar-refractivity contribution in [3.8, 4) is 0 Å². The van der Waals surface area contributed by atoms with Crippen LogP contribution in [0.3, 0.4) is 0 Å². The van der Waals surface area contributed by atoms with Crippen molar-refractivity contribution in [2.45, 2.75) is 39.0 Å². The molecule has 1 radical (unpaired) electrons. The van der Waals surface area contributed by atoms with Crippen molar-refractivity contribution in [2.75, 3.05) is 30.0 Å². The molecule has 0 atom stereocenters. The molecule has 2 aliphatic rings. The van der Waals surface area contributed by atoms with Crippen LogP contribution in [0.2, 0.25) is 0 Å². The normalized spacial score (nSPS) is 19.9. The molecular formula is C19H24N3O4. The first-order chi connectivity index (χ1) is 12.4. The van der Waals surface area contributed by atoms with Crippen molar-refractivity contribution in [2.24, 2.45) is 5.41 Å². The minimum absolute atomic E-state index is 0.0755. The number of nitrogens with one attached hydrogen (secondary N) is 2. The summed E-state index contributed by atoms with van der Waals surface area (Å²) in [6.07, 6.45) is 3.43. The van der Waals surface area contributed by atoms with Gasteiger partial charge in [0.1, 0.15) is 12.0 Å². The van der Waals surface area contributed by atoms with E-state index in [1.165, 1.54) is 0 Å². The lowest BCUT2D eigenvalue weighted by Crippen LogP contribution is -2.45. The Balaban J connectivity index is 1.78. The minimum Gasteiger partial charge on any atom is -0.370 e. The maximum Gasteiger partial charge on any atom is 0.254 e. The molecule has 2 N–H and O–H groups in total. The molecule has 0 bridgehead atoms. The Kier molecular flexibility index (Phi) is 5.27. The topological polar surface area (TPSA) is 99.5 Å². The van der Waals surface area contributed by atoms with Crippen LogP contribution in [0, 0.1) is 12.3 Å². The summed E-state index contributed by atoms with van der Waals surface area (Å²) >= 11 is 0. The highest BCUT2D eigenvalue weighted by molar-refractivity contribution is 6.10. The van der Waals surface area contributed by atoms with Crippen molar-refractivity contribution in [3.05, 3.63) is 23.8 Å². The first-order valence-corrected chi connectivity index (χ1v) is 9.00. The van der Waals surface area contributed by atoms with E-state index in [0.29, 0.717) is 31.7 Å². The van der Waals surface area contributed by atoms with E-state index >= 15 is 0 Å². The number of nitrogens with zero attached hydrogens (tertiary/aromatic N) is 1. The summed E-state index contributed by atoms with van der Waals surface area (Å²) in [5.41, 5.74) is 8.58. The molecular weight excluding hydrogens is 334 g/mol. The number of benzene rings is 1. The van der Waals surface area contributed by atoms with Crippen LogP contribution in [0.5, 0.6) is 0 Å². The second-order valence-electron chi connectivity index (χ2n) is 7.03. The molecule has 1 saturated heterocycles. The minimum atomic E-state index is -1.23. The molecule has 1 aromatic carbocycles. The maximum atomic E-state index is 12.7. The largest absolute Gasteiger partial charge is 0.370 e. The predicted octanol–water partition coefficient (Wildman–Crippen LogP) is 2.06. The first kappa shape index (κ1) is 18.4. The molecule has 3 rings (SSSR count). The van der Waals surface area contributed by atoms with E-state index in [1.807, 2.05) is 6.92 Å². The molecule has 0 unspecified atom stereocenters. The summed E-state index contributed by atoms with van der Waals surface area (Å²) in [5.74, 6) is -1.29. The molecule has 1 aliphatic heterocycles. The van der Waals surface area contributed by atoms with Crippen LogP contribution in [-0.2, 0) is 19.1 Å². The lowest BCUT2D eigenvalue weighted by atomic mass is 9.72. The van der Waals surface area contributed by atoms with Gasteiger partial charge in [0.25, 0.3) is 11.8 Å². The standard InChI is InChI=1S/C19H24N3O4/c1-13-11-14(5-6-15(13)22-9-10-26-12-16(22)23)21-18(25)19(17(20)24)7-3-2-4-8-19/h5-6,11,20H,2-4,7-10,12H2,1H3,(H,21,25). The van der Waals surface area contributed by atoms with Crippen molar-refractivity contribution in [1.82, 2.24) is 5.73 Å². The Morgan fingerprint density at radius 3 is 2.58 bits per heavy atom. The van der Waals surface area contributed by atoms with Crippen LogP contribution >= 0.6 is 0 Å². The Hall–Kier alpha value is -2.41. The summed E-state index contributed by atoms with van der Waals surface area (Å²) in [4.78, 5) is 38.3. The van der Waals surface area contributed by atoms with Crippen LogP contribution in [0.15, 0.2) is 18.2 Å². The third-order valence-corrected chi connectivity index (χ3v) is 5.31. The number of carbonyl (C=O) groups excluding carboxylic acids is 3. The highest BCUT2D eigenvalue weighted by atomic mass is 16.5. The Bertz CT molecular complexity index is 725. The fourth-order valence-corrected chi connectivity index (χ4v) is 3.77. The van der Waals surface area contributed by atoms with E-state index in [-0.39, 0.29) is 12.5 Å². The van der Waals surface area contributed by atoms with Gasteiger partial charge in [-0.25, -0.2) is 0 Å². The number of rotatable bonds is 4. The zero-order valence-electron chi connectivity index (χ0n) is 15.0. The van der Waals surface area contributed by atoms with Crippen molar-refractivity contribution < 1.29 is 19.1 Å². The molecule has 7 nitrogen and oxygen atoms in total. The summed E-state index contributed by atoms with van der Waals surface area (Å²) in [6.45, 7) is 2.95. The molecule has 1 aliphatic carbocycles. The lowest BCUT2D eigenvalue weighted by Gasteiger charge is -2.32. The molecule has 1 aromatic rings. The van der Waals surface area contributed by atoms with Gasteiger partial charge in [0.15, 0.2) is 0 Å². The smallest absolute Gasteiger partial charge is 0.254 e. The second kappa shape index (κ2) is 7.45. The third-order valence-electron chi connectivity index (χ3n) is 5.31. The molecule has 7 heteroatoms. The van der Waals surface area contributed by atoms with Gasteiger partial charge < -0.3 is 15.0 Å². The molecule has 1 heterocycles. The molecule has 139 valence electrons. The van der Waals surface area contributed by atoms with E-state index in [4.69, 9.17) is 10.5 Å². The van der Waals surface area contributed by atoms with Gasteiger partial charge in [-0.3, -0.25) is 20.1 Å². The molecule has 2 fully saturated rings. The summed E-state index contributed by atoms with van der Waals surface area (Å²) in [6, 6.07) is 5.32.